The summed E-state index contributed by atoms with van der Waals surface area (Å²) < 4.78 is 0. The summed E-state index contributed by atoms with van der Waals surface area (Å²) in [5.74, 6) is -0.120. The summed E-state index contributed by atoms with van der Waals surface area (Å²) in [6.45, 7) is 0. The Morgan fingerprint density at radius 1 is 1.26 bits per heavy atom. The maximum atomic E-state index is 12.5. The van der Waals surface area contributed by atoms with Crippen molar-refractivity contribution in [3.05, 3.63) is 64.7 Å². The second-order valence-corrected chi connectivity index (χ2v) is 6.71. The van der Waals surface area contributed by atoms with Crippen LogP contribution in [0.1, 0.15) is 40.5 Å². The number of thiophene rings is 1. The smallest absolute Gasteiger partial charge is 0.272 e. The fraction of sp³-hybridized carbons (Fsp3) is 0.222. The molecule has 2 heterocycles. The third-order valence-electron chi connectivity index (χ3n) is 4.27. The van der Waals surface area contributed by atoms with Gasteiger partial charge in [0.25, 0.3) is 5.91 Å². The van der Waals surface area contributed by atoms with E-state index >= 15 is 0 Å². The molecule has 0 saturated heterocycles. The molecule has 0 aliphatic heterocycles. The average molecular weight is 323 g/mol. The summed E-state index contributed by atoms with van der Waals surface area (Å²) in [4.78, 5) is 13.6. The summed E-state index contributed by atoms with van der Waals surface area (Å²) in [6.07, 6.45) is 3.17. The summed E-state index contributed by atoms with van der Waals surface area (Å²) in [5, 5.41) is 12.2. The van der Waals surface area contributed by atoms with Crippen LogP contribution in [0.4, 0.5) is 0 Å². The Morgan fingerprint density at radius 2 is 2.17 bits per heavy atom. The molecular weight excluding hydrogens is 306 g/mol. The van der Waals surface area contributed by atoms with Crippen LogP contribution in [0, 0.1) is 0 Å². The quantitative estimate of drug-likeness (QED) is 0.767. The summed E-state index contributed by atoms with van der Waals surface area (Å²) in [5.41, 5.74) is 3.90. The molecule has 1 aliphatic rings. The maximum Gasteiger partial charge on any atom is 0.272 e. The summed E-state index contributed by atoms with van der Waals surface area (Å²) in [7, 11) is 0. The van der Waals surface area contributed by atoms with Gasteiger partial charge in [0.15, 0.2) is 5.69 Å². The van der Waals surface area contributed by atoms with Crippen molar-refractivity contribution in [2.45, 2.75) is 25.3 Å². The fourth-order valence-corrected chi connectivity index (χ4v) is 3.82. The number of aromatic nitrogens is 2. The van der Waals surface area contributed by atoms with Gasteiger partial charge in [-0.15, -0.1) is 11.3 Å². The molecule has 1 unspecified atom stereocenters. The first kappa shape index (κ1) is 14.2. The fourth-order valence-electron chi connectivity index (χ4n) is 3.13. The summed E-state index contributed by atoms with van der Waals surface area (Å²) >= 11 is 1.62. The monoisotopic (exact) mass is 323 g/mol. The van der Waals surface area contributed by atoms with Crippen molar-refractivity contribution >= 4 is 17.2 Å². The minimum Gasteiger partial charge on any atom is -0.344 e. The van der Waals surface area contributed by atoms with Gasteiger partial charge in [-0.25, -0.2) is 0 Å². The lowest BCUT2D eigenvalue weighted by Crippen LogP contribution is -2.31. The lowest BCUT2D eigenvalue weighted by atomic mass is 9.87. The van der Waals surface area contributed by atoms with E-state index in [9.17, 15) is 4.79 Å². The molecule has 5 heteroatoms. The van der Waals surface area contributed by atoms with Gasteiger partial charge in [0, 0.05) is 0 Å². The normalized spacial score (nSPS) is 16.8. The van der Waals surface area contributed by atoms with Gasteiger partial charge in [-0.05, 0) is 47.9 Å². The van der Waals surface area contributed by atoms with Crippen LogP contribution in [0.25, 0.3) is 10.6 Å². The van der Waals surface area contributed by atoms with Crippen LogP contribution in [0.2, 0.25) is 0 Å². The molecule has 0 fully saturated rings. The van der Waals surface area contributed by atoms with E-state index < -0.39 is 0 Å². The lowest BCUT2D eigenvalue weighted by Gasteiger charge is -2.26. The van der Waals surface area contributed by atoms with E-state index in [2.05, 4.69) is 33.7 Å². The van der Waals surface area contributed by atoms with Gasteiger partial charge < -0.3 is 5.32 Å². The number of rotatable bonds is 3. The first-order valence-corrected chi connectivity index (χ1v) is 8.67. The van der Waals surface area contributed by atoms with Gasteiger partial charge in [-0.1, -0.05) is 30.3 Å². The Bertz CT molecular complexity index is 822. The van der Waals surface area contributed by atoms with E-state index in [0.29, 0.717) is 5.69 Å². The van der Waals surface area contributed by atoms with Crippen LogP contribution in [0.3, 0.4) is 0 Å². The average Bonchev–Trinajstić information content (AvgIpc) is 3.26. The van der Waals surface area contributed by atoms with Crippen molar-refractivity contribution in [1.29, 1.82) is 0 Å². The molecule has 116 valence electrons. The Hall–Kier alpha value is -2.40. The molecular formula is C18H17N3OS. The zero-order valence-electron chi connectivity index (χ0n) is 12.6. The number of aromatic amines is 1. The third-order valence-corrected chi connectivity index (χ3v) is 5.18. The topological polar surface area (TPSA) is 57.8 Å². The van der Waals surface area contributed by atoms with Gasteiger partial charge in [-0.2, -0.15) is 5.10 Å². The van der Waals surface area contributed by atoms with Crippen LogP contribution < -0.4 is 5.32 Å². The second kappa shape index (κ2) is 6.01. The predicted octanol–water partition coefficient (Wildman–Crippen LogP) is 3.95. The number of amides is 1. The Kier molecular flexibility index (Phi) is 3.71. The lowest BCUT2D eigenvalue weighted by molar-refractivity contribution is 0.0927. The van der Waals surface area contributed by atoms with Gasteiger partial charge >= 0.3 is 0 Å². The number of fused-ring (bicyclic) bond motifs is 1. The second-order valence-electron chi connectivity index (χ2n) is 5.76. The van der Waals surface area contributed by atoms with E-state index in [1.807, 2.05) is 29.6 Å². The molecule has 1 aliphatic carbocycles. The van der Waals surface area contributed by atoms with Crippen molar-refractivity contribution in [3.63, 3.8) is 0 Å². The molecule has 0 bridgehead atoms. The maximum absolute atomic E-state index is 12.5. The first-order chi connectivity index (χ1) is 11.3. The Morgan fingerprint density at radius 3 is 3.04 bits per heavy atom. The Labute approximate surface area is 138 Å². The number of carbonyl (C=O) groups excluding carboxylic acids is 1. The van der Waals surface area contributed by atoms with Crippen LogP contribution >= 0.6 is 11.3 Å². The molecule has 1 aromatic carbocycles. The van der Waals surface area contributed by atoms with E-state index in [1.54, 1.807) is 11.3 Å². The molecule has 0 radical (unpaired) electrons. The van der Waals surface area contributed by atoms with E-state index in [4.69, 9.17) is 0 Å². The number of H-pyrrole nitrogens is 1. The van der Waals surface area contributed by atoms with E-state index in [0.717, 1.165) is 29.8 Å². The number of benzene rings is 1. The molecule has 1 amide bonds. The van der Waals surface area contributed by atoms with Crippen molar-refractivity contribution < 1.29 is 4.79 Å². The van der Waals surface area contributed by atoms with Crippen molar-refractivity contribution in [3.8, 4) is 10.6 Å². The minimum atomic E-state index is -0.120. The van der Waals surface area contributed by atoms with Crippen LogP contribution in [0.5, 0.6) is 0 Å². The van der Waals surface area contributed by atoms with Gasteiger partial charge in [0.2, 0.25) is 0 Å². The predicted molar refractivity (Wildman–Crippen MR) is 91.5 cm³/mol. The zero-order chi connectivity index (χ0) is 15.6. The highest BCUT2D eigenvalue weighted by molar-refractivity contribution is 7.13. The summed E-state index contributed by atoms with van der Waals surface area (Å²) in [6, 6.07) is 14.2. The number of hydrogen-bond acceptors (Lipinski definition) is 3. The number of aryl methyl sites for hydroxylation is 1. The molecule has 0 spiro atoms. The van der Waals surface area contributed by atoms with Crippen molar-refractivity contribution in [2.24, 2.45) is 0 Å². The molecule has 3 aromatic rings. The minimum absolute atomic E-state index is 0.0781. The highest BCUT2D eigenvalue weighted by atomic mass is 32.1. The number of nitrogens with zero attached hydrogens (tertiary/aromatic N) is 1. The van der Waals surface area contributed by atoms with Crippen molar-refractivity contribution in [1.82, 2.24) is 15.5 Å². The number of nitrogens with one attached hydrogen (secondary N) is 2. The zero-order valence-corrected chi connectivity index (χ0v) is 13.4. The molecule has 4 rings (SSSR count). The highest BCUT2D eigenvalue weighted by Crippen LogP contribution is 2.30. The molecule has 4 nitrogen and oxygen atoms in total. The first-order valence-electron chi connectivity index (χ1n) is 7.79. The Balaban J connectivity index is 1.53. The van der Waals surface area contributed by atoms with Gasteiger partial charge in [-0.3, -0.25) is 9.89 Å². The van der Waals surface area contributed by atoms with Gasteiger partial charge in [0.05, 0.1) is 16.6 Å². The highest BCUT2D eigenvalue weighted by Gasteiger charge is 2.23. The van der Waals surface area contributed by atoms with Gasteiger partial charge in [0.1, 0.15) is 0 Å². The van der Waals surface area contributed by atoms with Crippen molar-refractivity contribution in [2.75, 3.05) is 0 Å². The SMILES string of the molecule is O=C(NC1CCCc2ccccc21)c1cc(-c2cccs2)[nH]n1. The molecule has 2 aromatic heterocycles. The number of hydrogen-bond donors (Lipinski definition) is 2. The molecule has 2 N–H and O–H groups in total. The van der Waals surface area contributed by atoms with Crippen LogP contribution in [-0.4, -0.2) is 16.1 Å². The standard InChI is InChI=1S/C18H17N3OS/c22-18(16-11-15(20-21-16)17-9-4-10-23-17)19-14-8-3-6-12-5-1-2-7-13(12)14/h1-2,4-5,7,9-11,14H,3,6,8H2,(H,19,22)(H,20,21). The van der Waals surface area contributed by atoms with Crippen LogP contribution in [-0.2, 0) is 6.42 Å². The molecule has 0 saturated carbocycles. The largest absolute Gasteiger partial charge is 0.344 e. The van der Waals surface area contributed by atoms with Crippen LogP contribution in [0.15, 0.2) is 47.8 Å². The molecule has 23 heavy (non-hydrogen) atoms. The third kappa shape index (κ3) is 2.80. The molecule has 1 atom stereocenters. The van der Waals surface area contributed by atoms with E-state index in [-0.39, 0.29) is 11.9 Å². The van der Waals surface area contributed by atoms with E-state index in [1.165, 1.54) is 11.1 Å². The number of carbonyl (C=O) groups is 1.